The topological polar surface area (TPSA) is 0 Å². The monoisotopic (exact) mass is 282 g/mol. The van der Waals surface area contributed by atoms with Crippen LogP contribution in [-0.2, 0) is 26.2 Å². The van der Waals surface area contributed by atoms with Crippen molar-refractivity contribution in [1.82, 2.24) is 0 Å². The molecular weight excluding hydrogens is 271 g/mol. The Kier molecular flexibility index (Phi) is 5.89. The van der Waals surface area contributed by atoms with Crippen molar-refractivity contribution in [3.8, 4) is 0 Å². The molecular formula is C15H12Zr. The Balaban J connectivity index is 0.000000162. The van der Waals surface area contributed by atoms with Crippen LogP contribution in [0.3, 0.4) is 0 Å². The Bertz CT molecular complexity index is 440. The average molecular weight is 283 g/mol. The van der Waals surface area contributed by atoms with E-state index in [0.29, 0.717) is 0 Å². The molecule has 0 aromatic heterocycles. The quantitative estimate of drug-likeness (QED) is 0.546. The van der Waals surface area contributed by atoms with Crippen molar-refractivity contribution < 1.29 is 26.2 Å². The Morgan fingerprint density at radius 1 is 0.812 bits per heavy atom. The second-order valence-corrected chi connectivity index (χ2v) is 3.23. The molecule has 0 nitrogen and oxygen atoms in total. The van der Waals surface area contributed by atoms with E-state index < -0.39 is 0 Å². The van der Waals surface area contributed by atoms with Gasteiger partial charge in [-0.15, -0.1) is 29.7 Å². The van der Waals surface area contributed by atoms with Gasteiger partial charge in [-0.1, -0.05) is 6.07 Å². The molecule has 3 aromatic carbocycles. The summed E-state index contributed by atoms with van der Waals surface area (Å²) in [5, 5.41) is 2.66. The minimum atomic E-state index is 0. The minimum Gasteiger partial charge on any atom is -0.184 e. The molecule has 0 aliphatic carbocycles. The summed E-state index contributed by atoms with van der Waals surface area (Å²) in [6, 6.07) is 27.2. The molecule has 0 radical (unpaired) electrons. The van der Waals surface area contributed by atoms with E-state index in [1.165, 1.54) is 10.8 Å². The van der Waals surface area contributed by atoms with Crippen molar-refractivity contribution in [2.45, 2.75) is 0 Å². The molecule has 1 heteroatoms. The van der Waals surface area contributed by atoms with Gasteiger partial charge in [-0.2, -0.15) is 53.9 Å². The second kappa shape index (κ2) is 7.25. The number of hydrogen-bond donors (Lipinski definition) is 0. The van der Waals surface area contributed by atoms with Gasteiger partial charge in [-0.25, -0.2) is 0 Å². The van der Waals surface area contributed by atoms with Gasteiger partial charge >= 0.3 is 26.2 Å². The Hall–Kier alpha value is -1.07. The van der Waals surface area contributed by atoms with Crippen molar-refractivity contribution >= 4 is 10.8 Å². The summed E-state index contributed by atoms with van der Waals surface area (Å²) in [4.78, 5) is 0. The molecule has 0 unspecified atom stereocenters. The van der Waals surface area contributed by atoms with Gasteiger partial charge in [0.1, 0.15) is 0 Å². The molecule has 0 heterocycles. The molecule has 0 N–H and O–H groups in total. The van der Waals surface area contributed by atoms with Crippen LogP contribution in [0.5, 0.6) is 0 Å². The summed E-state index contributed by atoms with van der Waals surface area (Å²) in [6.07, 6.45) is 0. The summed E-state index contributed by atoms with van der Waals surface area (Å²) < 4.78 is 0. The second-order valence-electron chi connectivity index (χ2n) is 3.23. The molecule has 76 valence electrons. The summed E-state index contributed by atoms with van der Waals surface area (Å²) in [5.74, 6) is 0. The van der Waals surface area contributed by atoms with Crippen molar-refractivity contribution in [2.75, 3.05) is 0 Å². The van der Waals surface area contributed by atoms with Gasteiger partial charge in [0.25, 0.3) is 0 Å². The molecule has 0 aliphatic rings. The Morgan fingerprint density at radius 3 is 2.12 bits per heavy atom. The largest absolute Gasteiger partial charge is 2.00 e. The van der Waals surface area contributed by atoms with Crippen LogP contribution in [-0.4, -0.2) is 0 Å². The maximum Gasteiger partial charge on any atom is 2.00 e. The first-order valence-corrected chi connectivity index (χ1v) is 4.98. The fourth-order valence-corrected chi connectivity index (χ4v) is 1.41. The van der Waals surface area contributed by atoms with E-state index in [4.69, 9.17) is 0 Å². The Morgan fingerprint density at radius 2 is 1.56 bits per heavy atom. The van der Waals surface area contributed by atoms with Gasteiger partial charge < -0.3 is 0 Å². The molecule has 3 rings (SSSR count). The molecule has 3 aromatic rings. The molecule has 0 fully saturated rings. The normalized spacial score (nSPS) is 8.75. The van der Waals surface area contributed by atoms with Crippen LogP contribution in [0.4, 0.5) is 0 Å². The van der Waals surface area contributed by atoms with Gasteiger partial charge in [-0.3, -0.25) is 0 Å². The average Bonchev–Trinajstić information content (AvgIpc) is 2.80. The predicted octanol–water partition coefficient (Wildman–Crippen LogP) is 4.04. The maximum atomic E-state index is 2.89. The third-order valence-corrected chi connectivity index (χ3v) is 2.15. The first-order valence-electron chi connectivity index (χ1n) is 4.98. The fourth-order valence-electron chi connectivity index (χ4n) is 1.41. The third kappa shape index (κ3) is 3.83. The zero-order chi connectivity index (χ0) is 10.3. The van der Waals surface area contributed by atoms with Crippen LogP contribution in [0, 0.1) is 6.07 Å². The maximum absolute atomic E-state index is 2.89. The molecule has 0 spiro atoms. The summed E-state index contributed by atoms with van der Waals surface area (Å²) in [7, 11) is 0. The SMILES string of the molecule is [Zr+2].[c-]1ccccc1.c1ccc2[cH-]ccc2c1. The standard InChI is InChI=1S/C9H7.C6H5.Zr/c1-2-5-9-7-3-6-8(9)4-1;1-2-4-6-5-3-1;/h1-7H;1-5H;/q2*-1;+2. The van der Waals surface area contributed by atoms with E-state index in [1.54, 1.807) is 0 Å². The third-order valence-electron chi connectivity index (χ3n) is 2.15. The summed E-state index contributed by atoms with van der Waals surface area (Å²) in [5.41, 5.74) is 0. The predicted molar refractivity (Wildman–Crippen MR) is 64.8 cm³/mol. The zero-order valence-electron chi connectivity index (χ0n) is 8.93. The van der Waals surface area contributed by atoms with Crippen LogP contribution in [0.2, 0.25) is 0 Å². The van der Waals surface area contributed by atoms with E-state index in [-0.39, 0.29) is 26.2 Å². The molecule has 0 saturated carbocycles. The van der Waals surface area contributed by atoms with E-state index in [0.717, 1.165) is 0 Å². The number of benzene rings is 2. The number of rotatable bonds is 0. The van der Waals surface area contributed by atoms with Gasteiger partial charge in [0.2, 0.25) is 0 Å². The fraction of sp³-hybridized carbons (Fsp3) is 0. The van der Waals surface area contributed by atoms with Crippen molar-refractivity contribution in [1.29, 1.82) is 0 Å². The molecule has 0 atom stereocenters. The van der Waals surface area contributed by atoms with Crippen LogP contribution in [0.25, 0.3) is 10.8 Å². The van der Waals surface area contributed by atoms with Gasteiger partial charge in [-0.05, 0) is 0 Å². The van der Waals surface area contributed by atoms with E-state index >= 15 is 0 Å². The molecule has 16 heavy (non-hydrogen) atoms. The first-order chi connectivity index (χ1) is 7.47. The minimum absolute atomic E-state index is 0. The zero-order valence-corrected chi connectivity index (χ0v) is 11.4. The van der Waals surface area contributed by atoms with E-state index in [2.05, 4.69) is 48.5 Å². The van der Waals surface area contributed by atoms with Gasteiger partial charge in [0.05, 0.1) is 0 Å². The molecule has 0 aliphatic heterocycles. The number of fused-ring (bicyclic) bond motifs is 1. The van der Waals surface area contributed by atoms with Gasteiger partial charge in [0.15, 0.2) is 0 Å². The number of hydrogen-bond acceptors (Lipinski definition) is 0. The molecule has 0 bridgehead atoms. The van der Waals surface area contributed by atoms with Crippen molar-refractivity contribution in [3.05, 3.63) is 78.9 Å². The van der Waals surface area contributed by atoms with Crippen molar-refractivity contribution in [3.63, 3.8) is 0 Å². The molecule has 0 amide bonds. The first kappa shape index (κ1) is 13.0. The van der Waals surface area contributed by atoms with E-state index in [1.807, 2.05) is 30.3 Å². The van der Waals surface area contributed by atoms with E-state index in [9.17, 15) is 0 Å². The van der Waals surface area contributed by atoms with Crippen LogP contribution >= 0.6 is 0 Å². The summed E-state index contributed by atoms with van der Waals surface area (Å²) >= 11 is 0. The van der Waals surface area contributed by atoms with Crippen LogP contribution in [0.1, 0.15) is 0 Å². The van der Waals surface area contributed by atoms with Crippen molar-refractivity contribution in [2.24, 2.45) is 0 Å². The smallest absolute Gasteiger partial charge is 0.184 e. The van der Waals surface area contributed by atoms with Crippen LogP contribution in [0.15, 0.2) is 72.8 Å². The Labute approximate surface area is 115 Å². The van der Waals surface area contributed by atoms with Crippen LogP contribution < -0.4 is 0 Å². The van der Waals surface area contributed by atoms with Gasteiger partial charge in [0, 0.05) is 0 Å². The summed E-state index contributed by atoms with van der Waals surface area (Å²) in [6.45, 7) is 0. The molecule has 0 saturated heterocycles.